The predicted octanol–water partition coefficient (Wildman–Crippen LogP) is 4.50. The van der Waals surface area contributed by atoms with E-state index in [1.807, 2.05) is 0 Å². The van der Waals surface area contributed by atoms with E-state index in [2.05, 4.69) is 5.32 Å². The van der Waals surface area contributed by atoms with Crippen molar-refractivity contribution in [3.8, 4) is 5.75 Å². The van der Waals surface area contributed by atoms with E-state index in [-0.39, 0.29) is 14.0 Å². The lowest BCUT2D eigenvalue weighted by atomic mass is 10.3. The largest absolute Gasteiger partial charge is 0.495 e. The summed E-state index contributed by atoms with van der Waals surface area (Å²) in [5.74, 6) is 0.114. The van der Waals surface area contributed by atoms with Crippen LogP contribution in [0.1, 0.15) is 9.67 Å². The number of halogens is 1. The Labute approximate surface area is 160 Å². The summed E-state index contributed by atoms with van der Waals surface area (Å²) in [5.41, 5.74) is 0.510. The van der Waals surface area contributed by atoms with Gasteiger partial charge < -0.3 is 10.1 Å². The second kappa shape index (κ2) is 7.49. The molecule has 1 aromatic heterocycles. The van der Waals surface area contributed by atoms with E-state index in [9.17, 15) is 13.2 Å². The molecule has 0 saturated heterocycles. The zero-order valence-corrected chi connectivity index (χ0v) is 16.0. The summed E-state index contributed by atoms with van der Waals surface area (Å²) in [6, 6.07) is 15.8. The van der Waals surface area contributed by atoms with Crippen molar-refractivity contribution in [3.63, 3.8) is 0 Å². The predicted molar refractivity (Wildman–Crippen MR) is 102 cm³/mol. The maximum Gasteiger partial charge on any atom is 0.265 e. The number of hydrogen-bond donors (Lipinski definition) is 1. The van der Waals surface area contributed by atoms with Crippen LogP contribution < -0.4 is 10.1 Å². The van der Waals surface area contributed by atoms with Crippen molar-refractivity contribution < 1.29 is 17.9 Å². The Balaban J connectivity index is 1.85. The van der Waals surface area contributed by atoms with Crippen LogP contribution in [0.2, 0.25) is 5.02 Å². The van der Waals surface area contributed by atoms with Crippen LogP contribution >= 0.6 is 22.9 Å². The lowest BCUT2D eigenvalue weighted by Gasteiger charge is -2.08. The maximum absolute atomic E-state index is 12.7. The molecule has 0 aliphatic rings. The molecule has 0 spiro atoms. The molecule has 26 heavy (non-hydrogen) atoms. The van der Waals surface area contributed by atoms with Crippen molar-refractivity contribution in [1.29, 1.82) is 0 Å². The Morgan fingerprint density at radius 2 is 1.73 bits per heavy atom. The lowest BCUT2D eigenvalue weighted by molar-refractivity contribution is 0.103. The third-order valence-electron chi connectivity index (χ3n) is 3.55. The number of benzene rings is 2. The number of anilines is 1. The second-order valence-corrected chi connectivity index (χ2v) is 8.93. The summed E-state index contributed by atoms with van der Waals surface area (Å²) in [5, 5.41) is 3.17. The molecule has 0 unspecified atom stereocenters. The van der Waals surface area contributed by atoms with Crippen LogP contribution in [0.5, 0.6) is 5.75 Å². The third-order valence-corrected chi connectivity index (χ3v) is 7.15. The van der Waals surface area contributed by atoms with Crippen LogP contribution in [-0.4, -0.2) is 21.4 Å². The molecule has 0 aliphatic carbocycles. The van der Waals surface area contributed by atoms with Gasteiger partial charge in [0.05, 0.1) is 22.6 Å². The van der Waals surface area contributed by atoms with Gasteiger partial charge in [-0.25, -0.2) is 8.42 Å². The monoisotopic (exact) mass is 407 g/mol. The van der Waals surface area contributed by atoms with Crippen LogP contribution in [0.15, 0.2) is 69.8 Å². The standard InChI is InChI=1S/C18H14ClNO4S2/c1-24-15-5-3-2-4-14(15)20-18(21)16-10-11-17(25-16)26(22,23)13-8-6-12(19)7-9-13/h2-11H,1H3,(H,20,21). The molecule has 1 amide bonds. The molecule has 5 nitrogen and oxygen atoms in total. The SMILES string of the molecule is COc1ccccc1NC(=O)c1ccc(S(=O)(=O)c2ccc(Cl)cc2)s1. The topological polar surface area (TPSA) is 72.5 Å². The van der Waals surface area contributed by atoms with Crippen LogP contribution in [-0.2, 0) is 9.84 Å². The number of nitrogens with one attached hydrogen (secondary N) is 1. The van der Waals surface area contributed by atoms with Gasteiger partial charge in [-0.1, -0.05) is 23.7 Å². The number of amides is 1. The van der Waals surface area contributed by atoms with Crippen LogP contribution in [0.3, 0.4) is 0 Å². The van der Waals surface area contributed by atoms with E-state index in [0.717, 1.165) is 11.3 Å². The molecule has 0 saturated carbocycles. The van der Waals surface area contributed by atoms with Gasteiger partial charge in [0.25, 0.3) is 5.91 Å². The number of sulfone groups is 1. The van der Waals surface area contributed by atoms with Gasteiger partial charge in [-0.3, -0.25) is 4.79 Å². The van der Waals surface area contributed by atoms with Gasteiger partial charge in [0.1, 0.15) is 9.96 Å². The van der Waals surface area contributed by atoms with E-state index in [4.69, 9.17) is 16.3 Å². The van der Waals surface area contributed by atoms with Gasteiger partial charge in [0.2, 0.25) is 9.84 Å². The molecule has 3 rings (SSSR count). The number of hydrogen-bond acceptors (Lipinski definition) is 5. The molecule has 3 aromatic rings. The fraction of sp³-hybridized carbons (Fsp3) is 0.0556. The quantitative estimate of drug-likeness (QED) is 0.676. The summed E-state index contributed by atoms with van der Waals surface area (Å²) in [6.07, 6.45) is 0. The first-order valence-corrected chi connectivity index (χ1v) is 10.1. The van der Waals surface area contributed by atoms with E-state index < -0.39 is 15.7 Å². The fourth-order valence-electron chi connectivity index (χ4n) is 2.25. The van der Waals surface area contributed by atoms with Crippen molar-refractivity contribution >= 4 is 44.4 Å². The minimum absolute atomic E-state index is 0.0880. The molecule has 0 radical (unpaired) electrons. The van der Waals surface area contributed by atoms with E-state index in [0.29, 0.717) is 16.5 Å². The van der Waals surface area contributed by atoms with Crippen molar-refractivity contribution in [1.82, 2.24) is 0 Å². The Morgan fingerprint density at radius 1 is 1.04 bits per heavy atom. The van der Waals surface area contributed by atoms with Crippen LogP contribution in [0.25, 0.3) is 0 Å². The minimum atomic E-state index is -3.70. The van der Waals surface area contributed by atoms with E-state index in [1.165, 1.54) is 43.5 Å². The molecule has 1 N–H and O–H groups in total. The first-order valence-electron chi connectivity index (χ1n) is 7.46. The van der Waals surface area contributed by atoms with E-state index in [1.54, 1.807) is 24.3 Å². The van der Waals surface area contributed by atoms with Crippen LogP contribution in [0, 0.1) is 0 Å². The molecule has 0 atom stereocenters. The fourth-order valence-corrected chi connectivity index (χ4v) is 4.98. The number of carbonyl (C=O) groups is 1. The van der Waals surface area contributed by atoms with Crippen molar-refractivity contribution in [2.75, 3.05) is 12.4 Å². The normalized spacial score (nSPS) is 11.2. The number of para-hydroxylation sites is 2. The highest BCUT2D eigenvalue weighted by Crippen LogP contribution is 2.30. The lowest BCUT2D eigenvalue weighted by Crippen LogP contribution is -2.10. The average Bonchev–Trinajstić information content (AvgIpc) is 3.14. The van der Waals surface area contributed by atoms with Gasteiger partial charge in [0, 0.05) is 5.02 Å². The Hall–Kier alpha value is -2.35. The molecule has 1 heterocycles. The summed E-state index contributed by atoms with van der Waals surface area (Å²) < 4.78 is 30.6. The highest BCUT2D eigenvalue weighted by atomic mass is 35.5. The Morgan fingerprint density at radius 3 is 2.42 bits per heavy atom. The zero-order valence-electron chi connectivity index (χ0n) is 13.6. The molecule has 0 fully saturated rings. The zero-order chi connectivity index (χ0) is 18.7. The van der Waals surface area contributed by atoms with Gasteiger partial charge in [-0.2, -0.15) is 0 Å². The van der Waals surface area contributed by atoms with Crippen molar-refractivity contribution in [2.24, 2.45) is 0 Å². The number of rotatable bonds is 5. The molecular formula is C18H14ClNO4S2. The number of ether oxygens (including phenoxy) is 1. The van der Waals surface area contributed by atoms with Gasteiger partial charge in [-0.05, 0) is 48.5 Å². The number of thiophene rings is 1. The van der Waals surface area contributed by atoms with Gasteiger partial charge in [-0.15, -0.1) is 11.3 Å². The first kappa shape index (κ1) is 18.4. The summed E-state index contributed by atoms with van der Waals surface area (Å²) >= 11 is 6.71. The first-order chi connectivity index (χ1) is 12.4. The second-order valence-electron chi connectivity index (χ2n) is 5.23. The molecular weight excluding hydrogens is 394 g/mol. The highest BCUT2D eigenvalue weighted by Gasteiger charge is 2.22. The smallest absolute Gasteiger partial charge is 0.265 e. The minimum Gasteiger partial charge on any atom is -0.495 e. The molecule has 0 bridgehead atoms. The third kappa shape index (κ3) is 3.75. The number of methoxy groups -OCH3 is 1. The summed E-state index contributed by atoms with van der Waals surface area (Å²) in [7, 11) is -2.19. The average molecular weight is 408 g/mol. The molecule has 2 aromatic carbocycles. The number of carbonyl (C=O) groups excluding carboxylic acids is 1. The summed E-state index contributed by atoms with van der Waals surface area (Å²) in [6.45, 7) is 0. The summed E-state index contributed by atoms with van der Waals surface area (Å²) in [4.78, 5) is 12.8. The molecule has 0 aliphatic heterocycles. The Bertz CT molecular complexity index is 1040. The molecule has 8 heteroatoms. The highest BCUT2D eigenvalue weighted by molar-refractivity contribution is 7.93. The van der Waals surface area contributed by atoms with Crippen molar-refractivity contribution in [2.45, 2.75) is 9.10 Å². The Kier molecular flexibility index (Phi) is 5.31. The van der Waals surface area contributed by atoms with Crippen LogP contribution in [0.4, 0.5) is 5.69 Å². The van der Waals surface area contributed by atoms with Gasteiger partial charge in [0.15, 0.2) is 0 Å². The maximum atomic E-state index is 12.7. The van der Waals surface area contributed by atoms with Gasteiger partial charge >= 0.3 is 0 Å². The van der Waals surface area contributed by atoms with E-state index >= 15 is 0 Å². The molecule has 134 valence electrons. The van der Waals surface area contributed by atoms with Crippen molar-refractivity contribution in [3.05, 3.63) is 70.6 Å².